The summed E-state index contributed by atoms with van der Waals surface area (Å²) in [6.45, 7) is 4.47. The average molecular weight is 557 g/mol. The van der Waals surface area contributed by atoms with Crippen molar-refractivity contribution in [1.82, 2.24) is 24.7 Å². The Morgan fingerprint density at radius 3 is 2.52 bits per heavy atom. The summed E-state index contributed by atoms with van der Waals surface area (Å²) in [5, 5.41) is 6.00. The lowest BCUT2D eigenvalue weighted by Gasteiger charge is -2.34. The van der Waals surface area contributed by atoms with Gasteiger partial charge in [-0.05, 0) is 68.1 Å². The largest absolute Gasteiger partial charge is 0.421 e. The molecule has 2 amide bonds. The molecule has 3 heterocycles. The van der Waals surface area contributed by atoms with E-state index in [9.17, 15) is 18.0 Å². The van der Waals surface area contributed by atoms with Gasteiger partial charge in [-0.3, -0.25) is 0 Å². The third-order valence-corrected chi connectivity index (χ3v) is 7.36. The maximum absolute atomic E-state index is 13.7. The van der Waals surface area contributed by atoms with Crippen molar-refractivity contribution in [3.05, 3.63) is 60.1 Å². The van der Waals surface area contributed by atoms with Crippen LogP contribution in [0.25, 0.3) is 0 Å². The van der Waals surface area contributed by atoms with Crippen molar-refractivity contribution in [3.8, 4) is 0 Å². The monoisotopic (exact) mass is 556 g/mol. The van der Waals surface area contributed by atoms with Gasteiger partial charge in [-0.1, -0.05) is 0 Å². The van der Waals surface area contributed by atoms with E-state index in [1.807, 2.05) is 12.1 Å². The summed E-state index contributed by atoms with van der Waals surface area (Å²) in [6, 6.07) is 6.01. The molecular formula is C28H35F3N8O. The van der Waals surface area contributed by atoms with Gasteiger partial charge in [0.15, 0.2) is 0 Å². The van der Waals surface area contributed by atoms with Crippen molar-refractivity contribution >= 4 is 29.2 Å². The molecule has 5 rings (SSSR count). The summed E-state index contributed by atoms with van der Waals surface area (Å²) >= 11 is 0. The Morgan fingerprint density at radius 2 is 1.80 bits per heavy atom. The summed E-state index contributed by atoms with van der Waals surface area (Å²) in [5.41, 5.74) is 2.19. The van der Waals surface area contributed by atoms with Crippen LogP contribution >= 0.6 is 0 Å². The molecule has 2 fully saturated rings. The minimum absolute atomic E-state index is 0.100. The maximum atomic E-state index is 13.7. The molecule has 1 saturated heterocycles. The number of halogens is 3. The molecule has 0 unspecified atom stereocenters. The Balaban J connectivity index is 1.28. The predicted molar refractivity (Wildman–Crippen MR) is 150 cm³/mol. The first-order valence-corrected chi connectivity index (χ1v) is 13.6. The van der Waals surface area contributed by atoms with E-state index in [4.69, 9.17) is 0 Å². The number of rotatable bonds is 9. The van der Waals surface area contributed by atoms with Gasteiger partial charge < -0.3 is 30.2 Å². The summed E-state index contributed by atoms with van der Waals surface area (Å²) in [4.78, 5) is 28.2. The van der Waals surface area contributed by atoms with Gasteiger partial charge in [-0.25, -0.2) is 9.78 Å². The molecule has 40 heavy (non-hydrogen) atoms. The molecule has 2 aromatic rings. The number of benzene rings is 1. The zero-order chi connectivity index (χ0) is 28.3. The SMILES string of the molecule is CN1CCN(c2ccc(Nc3ncc(C(F)(F)F)c(NCCCN4C=CC=CN(C)C4=O)n3)c(C3CC3)c2)CC1. The van der Waals surface area contributed by atoms with Crippen LogP contribution in [0.15, 0.2) is 48.9 Å². The average Bonchev–Trinajstić information content (AvgIpc) is 3.78. The minimum Gasteiger partial charge on any atom is -0.369 e. The Morgan fingerprint density at radius 1 is 1.05 bits per heavy atom. The van der Waals surface area contributed by atoms with Crippen LogP contribution in [0.3, 0.4) is 0 Å². The molecule has 0 radical (unpaired) electrons. The molecule has 9 nitrogen and oxygen atoms in total. The van der Waals surface area contributed by atoms with Gasteiger partial charge >= 0.3 is 12.2 Å². The van der Waals surface area contributed by atoms with Crippen LogP contribution in [-0.2, 0) is 6.18 Å². The number of hydrogen-bond donors (Lipinski definition) is 2. The number of allylic oxidation sites excluding steroid dienone is 2. The molecule has 214 valence electrons. The zero-order valence-electron chi connectivity index (χ0n) is 22.8. The minimum atomic E-state index is -4.61. The Labute approximate surface area is 232 Å². The highest BCUT2D eigenvalue weighted by atomic mass is 19.4. The van der Waals surface area contributed by atoms with Gasteiger partial charge in [0.25, 0.3) is 0 Å². The lowest BCUT2D eigenvalue weighted by Crippen LogP contribution is -2.44. The fraction of sp³-hybridized carbons (Fsp3) is 0.464. The molecule has 1 aromatic heterocycles. The number of aromatic nitrogens is 2. The first-order valence-electron chi connectivity index (χ1n) is 13.6. The van der Waals surface area contributed by atoms with Gasteiger partial charge in [-0.2, -0.15) is 18.2 Å². The molecule has 1 saturated carbocycles. The van der Waals surface area contributed by atoms with Gasteiger partial charge in [-0.15, -0.1) is 0 Å². The van der Waals surface area contributed by atoms with Crippen molar-refractivity contribution in [3.63, 3.8) is 0 Å². The van der Waals surface area contributed by atoms with Crippen molar-refractivity contribution in [1.29, 1.82) is 0 Å². The zero-order valence-corrected chi connectivity index (χ0v) is 22.8. The van der Waals surface area contributed by atoms with Gasteiger partial charge in [0, 0.05) is 76.3 Å². The van der Waals surface area contributed by atoms with Crippen LogP contribution in [0.5, 0.6) is 0 Å². The normalized spacial score (nSPS) is 18.3. The van der Waals surface area contributed by atoms with Crippen molar-refractivity contribution < 1.29 is 18.0 Å². The van der Waals surface area contributed by atoms with E-state index in [2.05, 4.69) is 43.5 Å². The van der Waals surface area contributed by atoms with E-state index < -0.39 is 11.7 Å². The second-order valence-corrected chi connectivity index (χ2v) is 10.5. The van der Waals surface area contributed by atoms with Gasteiger partial charge in [0.05, 0.1) is 0 Å². The third kappa shape index (κ3) is 6.67. The number of hydrogen-bond acceptors (Lipinski definition) is 7. The van der Waals surface area contributed by atoms with E-state index in [-0.39, 0.29) is 24.3 Å². The Kier molecular flexibility index (Phi) is 8.15. The number of nitrogens with zero attached hydrogens (tertiary/aromatic N) is 6. The standard InChI is InChI=1S/C28H35F3N8O/c1-36-14-16-38(17-15-36)21-8-9-24(22(18-21)20-6-7-20)34-26-33-19-23(28(29,30)31)25(35-26)32-10-5-13-39-12-4-3-11-37(2)27(39)40/h3-4,8-9,11-12,18-20H,5-7,10,13-17H2,1-2H3,(H2,32,33,34,35). The lowest BCUT2D eigenvalue weighted by molar-refractivity contribution is -0.137. The molecule has 0 bridgehead atoms. The summed E-state index contributed by atoms with van der Waals surface area (Å²) in [7, 11) is 3.77. The number of amides is 2. The highest BCUT2D eigenvalue weighted by Crippen LogP contribution is 2.45. The second-order valence-electron chi connectivity index (χ2n) is 10.5. The number of likely N-dealkylation sites (N-methyl/N-ethyl adjacent to an activating group) is 1. The van der Waals surface area contributed by atoms with E-state index in [1.165, 1.54) is 9.80 Å². The van der Waals surface area contributed by atoms with Crippen LogP contribution in [0, 0.1) is 0 Å². The number of piperazine rings is 1. The van der Waals surface area contributed by atoms with Crippen LogP contribution in [-0.4, -0.2) is 84.1 Å². The lowest BCUT2D eigenvalue weighted by atomic mass is 10.1. The molecule has 2 aliphatic heterocycles. The fourth-order valence-corrected chi connectivity index (χ4v) is 4.85. The highest BCUT2D eigenvalue weighted by Gasteiger charge is 2.35. The maximum Gasteiger partial charge on any atom is 0.421 e. The quantitative estimate of drug-likeness (QED) is 0.418. The van der Waals surface area contributed by atoms with Gasteiger partial charge in [0.1, 0.15) is 11.4 Å². The number of nitrogens with one attached hydrogen (secondary N) is 2. The molecule has 2 N–H and O–H groups in total. The summed E-state index contributed by atoms with van der Waals surface area (Å²) < 4.78 is 41.2. The predicted octanol–water partition coefficient (Wildman–Crippen LogP) is 5.07. The first kappa shape index (κ1) is 27.8. The van der Waals surface area contributed by atoms with Crippen LogP contribution < -0.4 is 15.5 Å². The summed E-state index contributed by atoms with van der Waals surface area (Å²) in [5.74, 6) is 0.235. The smallest absolute Gasteiger partial charge is 0.369 e. The third-order valence-electron chi connectivity index (χ3n) is 7.36. The van der Waals surface area contributed by atoms with Gasteiger partial charge in [0.2, 0.25) is 5.95 Å². The van der Waals surface area contributed by atoms with E-state index in [1.54, 1.807) is 31.6 Å². The van der Waals surface area contributed by atoms with Crippen molar-refractivity contribution in [2.45, 2.75) is 31.4 Å². The number of anilines is 4. The number of carbonyl (C=O) groups is 1. The molecular weight excluding hydrogens is 521 g/mol. The number of alkyl halides is 3. The summed E-state index contributed by atoms with van der Waals surface area (Å²) in [6.07, 6.45) is 5.59. The molecule has 3 aliphatic rings. The van der Waals surface area contributed by atoms with E-state index in [0.29, 0.717) is 18.9 Å². The highest BCUT2D eigenvalue weighted by molar-refractivity contribution is 5.76. The Hall–Kier alpha value is -3.80. The number of carbonyl (C=O) groups excluding carboxylic acids is 1. The molecule has 1 aliphatic carbocycles. The second kappa shape index (κ2) is 11.7. The van der Waals surface area contributed by atoms with E-state index >= 15 is 0 Å². The number of urea groups is 1. The van der Waals surface area contributed by atoms with Crippen molar-refractivity contribution in [2.24, 2.45) is 0 Å². The van der Waals surface area contributed by atoms with Crippen LogP contribution in [0.2, 0.25) is 0 Å². The molecule has 0 atom stereocenters. The van der Waals surface area contributed by atoms with Crippen LogP contribution in [0.1, 0.15) is 36.3 Å². The fourth-order valence-electron chi connectivity index (χ4n) is 4.85. The topological polar surface area (TPSA) is 79.9 Å². The molecule has 1 aromatic carbocycles. The molecule has 0 spiro atoms. The van der Waals surface area contributed by atoms with E-state index in [0.717, 1.165) is 62.2 Å². The Bertz CT molecular complexity index is 1270. The first-order chi connectivity index (χ1) is 19.2. The van der Waals surface area contributed by atoms with Crippen molar-refractivity contribution in [2.75, 3.05) is 68.9 Å². The molecule has 12 heteroatoms. The van der Waals surface area contributed by atoms with Crippen LogP contribution in [0.4, 0.5) is 41.1 Å².